The summed E-state index contributed by atoms with van der Waals surface area (Å²) in [5, 5.41) is 12.8. The van der Waals surface area contributed by atoms with E-state index in [9.17, 15) is 9.59 Å². The van der Waals surface area contributed by atoms with Crippen molar-refractivity contribution in [2.45, 2.75) is 6.92 Å². The van der Waals surface area contributed by atoms with Crippen LogP contribution in [0.25, 0.3) is 0 Å². The molecule has 0 saturated carbocycles. The van der Waals surface area contributed by atoms with Gasteiger partial charge in [0.1, 0.15) is 5.75 Å². The number of hydrazone groups is 1. The van der Waals surface area contributed by atoms with Gasteiger partial charge in [0.05, 0.1) is 29.1 Å². The van der Waals surface area contributed by atoms with Crippen molar-refractivity contribution in [3.63, 3.8) is 0 Å². The van der Waals surface area contributed by atoms with Gasteiger partial charge in [-0.3, -0.25) is 4.79 Å². The van der Waals surface area contributed by atoms with E-state index in [4.69, 9.17) is 19.3 Å². The van der Waals surface area contributed by atoms with Crippen molar-refractivity contribution in [3.8, 4) is 17.2 Å². The summed E-state index contributed by atoms with van der Waals surface area (Å²) >= 11 is 5.34. The molecule has 0 fully saturated rings. The third-order valence-electron chi connectivity index (χ3n) is 3.46. The van der Waals surface area contributed by atoms with E-state index in [0.29, 0.717) is 38.6 Å². The number of aliphatic carboxylic acids is 1. The largest absolute Gasteiger partial charge is 0.496 e. The number of carbonyl (C=O) groups is 2. The van der Waals surface area contributed by atoms with E-state index in [1.165, 1.54) is 13.3 Å². The van der Waals surface area contributed by atoms with Crippen LogP contribution in [0, 0.1) is 3.57 Å². The van der Waals surface area contributed by atoms with Crippen LogP contribution in [0.3, 0.4) is 0 Å². The molecule has 0 aliphatic rings. The summed E-state index contributed by atoms with van der Waals surface area (Å²) in [6, 6.07) is 8.46. The first-order valence-corrected chi connectivity index (χ1v) is 10.2. The summed E-state index contributed by atoms with van der Waals surface area (Å²) in [7, 11) is 1.48. The number of ether oxygens (including phenoxy) is 3. The lowest BCUT2D eigenvalue weighted by molar-refractivity contribution is -0.139. The summed E-state index contributed by atoms with van der Waals surface area (Å²) < 4.78 is 17.4. The summed E-state index contributed by atoms with van der Waals surface area (Å²) in [5.41, 5.74) is 3.43. The molecule has 0 aliphatic carbocycles. The summed E-state index contributed by atoms with van der Waals surface area (Å²) in [6.45, 7) is 1.70. The number of hydrogen-bond acceptors (Lipinski definition) is 6. The molecule has 0 atom stereocenters. The van der Waals surface area contributed by atoms with Gasteiger partial charge >= 0.3 is 5.97 Å². The molecule has 0 unspecified atom stereocenters. The predicted molar refractivity (Wildman–Crippen MR) is 119 cm³/mol. The highest BCUT2D eigenvalue weighted by molar-refractivity contribution is 14.1. The number of rotatable bonds is 9. The Morgan fingerprint density at radius 1 is 1.24 bits per heavy atom. The molecule has 8 nitrogen and oxygen atoms in total. The van der Waals surface area contributed by atoms with Crippen LogP contribution in [-0.2, 0) is 4.79 Å². The van der Waals surface area contributed by atoms with Gasteiger partial charge < -0.3 is 19.3 Å². The van der Waals surface area contributed by atoms with Crippen LogP contribution < -0.4 is 19.6 Å². The zero-order chi connectivity index (χ0) is 21.4. The number of hydrogen-bond donors (Lipinski definition) is 2. The second-order valence-electron chi connectivity index (χ2n) is 5.49. The van der Waals surface area contributed by atoms with Gasteiger partial charge in [0.15, 0.2) is 18.1 Å². The lowest BCUT2D eigenvalue weighted by Gasteiger charge is -2.13. The van der Waals surface area contributed by atoms with Gasteiger partial charge in [-0.05, 0) is 65.4 Å². The van der Waals surface area contributed by atoms with Crippen molar-refractivity contribution in [1.29, 1.82) is 0 Å². The highest BCUT2D eigenvalue weighted by Gasteiger charge is 2.14. The molecule has 10 heteroatoms. The Kier molecular flexibility index (Phi) is 8.70. The van der Waals surface area contributed by atoms with E-state index in [-0.39, 0.29) is 0 Å². The molecule has 0 bridgehead atoms. The monoisotopic (exact) mass is 576 g/mol. The van der Waals surface area contributed by atoms with Gasteiger partial charge in [0.25, 0.3) is 5.91 Å². The Labute approximate surface area is 189 Å². The normalized spacial score (nSPS) is 10.6. The van der Waals surface area contributed by atoms with Gasteiger partial charge in [0.2, 0.25) is 0 Å². The Morgan fingerprint density at radius 3 is 2.66 bits per heavy atom. The van der Waals surface area contributed by atoms with Crippen LogP contribution in [0.2, 0.25) is 0 Å². The maximum absolute atomic E-state index is 12.4. The first-order chi connectivity index (χ1) is 13.8. The SMILES string of the molecule is CCOc1cc(/C=N\NC(=O)c2cc(Br)ccc2OC)cc(I)c1OCC(=O)O. The smallest absolute Gasteiger partial charge is 0.341 e. The van der Waals surface area contributed by atoms with Crippen LogP contribution in [0.4, 0.5) is 0 Å². The molecule has 0 saturated heterocycles. The van der Waals surface area contributed by atoms with E-state index >= 15 is 0 Å². The Morgan fingerprint density at radius 2 is 2.00 bits per heavy atom. The molecule has 0 radical (unpaired) electrons. The fourth-order valence-electron chi connectivity index (χ4n) is 2.28. The maximum Gasteiger partial charge on any atom is 0.341 e. The van der Waals surface area contributed by atoms with Gasteiger partial charge in [-0.2, -0.15) is 5.10 Å². The molecular weight excluding hydrogens is 559 g/mol. The first-order valence-electron chi connectivity index (χ1n) is 8.33. The molecule has 2 rings (SSSR count). The molecule has 2 N–H and O–H groups in total. The number of carboxylic acid groups (broad SMARTS) is 1. The molecule has 0 aliphatic heterocycles. The van der Waals surface area contributed by atoms with Gasteiger partial charge in [-0.25, -0.2) is 10.2 Å². The van der Waals surface area contributed by atoms with Crippen LogP contribution in [0.15, 0.2) is 39.9 Å². The first kappa shape index (κ1) is 22.9. The fraction of sp³-hybridized carbons (Fsp3) is 0.211. The number of benzene rings is 2. The minimum absolute atomic E-state index is 0.334. The Hall–Kier alpha value is -2.34. The zero-order valence-corrected chi connectivity index (χ0v) is 19.3. The van der Waals surface area contributed by atoms with Gasteiger partial charge in [0, 0.05) is 4.47 Å². The molecule has 29 heavy (non-hydrogen) atoms. The van der Waals surface area contributed by atoms with Crippen LogP contribution >= 0.6 is 38.5 Å². The molecule has 2 aromatic carbocycles. The van der Waals surface area contributed by atoms with Crippen molar-refractivity contribution in [1.82, 2.24) is 5.43 Å². The predicted octanol–water partition coefficient (Wildman–Crippen LogP) is 3.69. The number of carbonyl (C=O) groups excluding carboxylic acids is 1. The number of amides is 1. The average molecular weight is 577 g/mol. The molecule has 154 valence electrons. The average Bonchev–Trinajstić information content (AvgIpc) is 2.67. The molecular formula is C19H18BrIN2O6. The number of nitrogens with zero attached hydrogens (tertiary/aromatic N) is 1. The topological polar surface area (TPSA) is 106 Å². The van der Waals surface area contributed by atoms with Crippen molar-refractivity contribution in [2.75, 3.05) is 20.3 Å². The Balaban J connectivity index is 2.18. The molecule has 0 aromatic heterocycles. The third-order valence-corrected chi connectivity index (χ3v) is 4.75. The van der Waals surface area contributed by atoms with Crippen LogP contribution in [-0.4, -0.2) is 43.5 Å². The van der Waals surface area contributed by atoms with Crippen molar-refractivity contribution < 1.29 is 28.9 Å². The lowest BCUT2D eigenvalue weighted by atomic mass is 10.2. The summed E-state index contributed by atoms with van der Waals surface area (Å²) in [5.74, 6) is -0.355. The fourth-order valence-corrected chi connectivity index (χ4v) is 3.42. The third kappa shape index (κ3) is 6.60. The van der Waals surface area contributed by atoms with Crippen molar-refractivity contribution in [3.05, 3.63) is 49.5 Å². The highest BCUT2D eigenvalue weighted by Crippen LogP contribution is 2.34. The van der Waals surface area contributed by atoms with E-state index in [1.807, 2.05) is 22.6 Å². The number of carboxylic acids is 1. The molecule has 0 spiro atoms. The minimum Gasteiger partial charge on any atom is -0.496 e. The van der Waals surface area contributed by atoms with Crippen LogP contribution in [0.5, 0.6) is 17.2 Å². The number of nitrogens with one attached hydrogen (secondary N) is 1. The molecule has 0 heterocycles. The quantitative estimate of drug-likeness (QED) is 0.268. The molecule has 2 aromatic rings. The number of methoxy groups -OCH3 is 1. The van der Waals surface area contributed by atoms with E-state index < -0.39 is 18.5 Å². The van der Waals surface area contributed by atoms with E-state index in [1.54, 1.807) is 37.3 Å². The lowest BCUT2D eigenvalue weighted by Crippen LogP contribution is -2.18. The van der Waals surface area contributed by atoms with E-state index in [2.05, 4.69) is 26.5 Å². The van der Waals surface area contributed by atoms with Crippen LogP contribution in [0.1, 0.15) is 22.8 Å². The Bertz CT molecular complexity index is 935. The zero-order valence-electron chi connectivity index (χ0n) is 15.6. The van der Waals surface area contributed by atoms with Gasteiger partial charge in [-0.1, -0.05) is 15.9 Å². The second-order valence-corrected chi connectivity index (χ2v) is 7.57. The minimum atomic E-state index is -1.08. The van der Waals surface area contributed by atoms with E-state index in [0.717, 1.165) is 4.47 Å². The second kappa shape index (κ2) is 11.0. The van der Waals surface area contributed by atoms with Gasteiger partial charge in [-0.15, -0.1) is 0 Å². The number of halogens is 2. The summed E-state index contributed by atoms with van der Waals surface area (Å²) in [6.07, 6.45) is 1.45. The summed E-state index contributed by atoms with van der Waals surface area (Å²) in [4.78, 5) is 23.1. The molecule has 1 amide bonds. The van der Waals surface area contributed by atoms with Crippen molar-refractivity contribution in [2.24, 2.45) is 5.10 Å². The standard InChI is InChI=1S/C19H18BrIN2O6/c1-3-28-16-7-11(6-14(21)18(16)29-10-17(24)25)9-22-23-19(26)13-8-12(20)4-5-15(13)27-2/h4-9H,3,10H2,1-2H3,(H,23,26)(H,24,25)/b22-9-. The highest BCUT2D eigenvalue weighted by atomic mass is 127. The maximum atomic E-state index is 12.4. The van der Waals surface area contributed by atoms with Crippen molar-refractivity contribution >= 4 is 56.6 Å².